The van der Waals surface area contributed by atoms with E-state index in [2.05, 4.69) is 36.6 Å². The van der Waals surface area contributed by atoms with Gasteiger partial charge in [0.25, 0.3) is 0 Å². The minimum absolute atomic E-state index is 0.0618. The average Bonchev–Trinajstić information content (AvgIpc) is 2.87. The number of ether oxygens (including phenoxy) is 2. The van der Waals surface area contributed by atoms with Crippen molar-refractivity contribution in [2.24, 2.45) is 11.8 Å². The van der Waals surface area contributed by atoms with Gasteiger partial charge in [-0.05, 0) is 56.2 Å². The molecule has 216 valence electrons. The number of ketones is 1. The van der Waals surface area contributed by atoms with Gasteiger partial charge in [-0.1, -0.05) is 32.1 Å². The van der Waals surface area contributed by atoms with Crippen LogP contribution in [0.15, 0.2) is 30.4 Å². The minimum atomic E-state index is -1.28. The van der Waals surface area contributed by atoms with Crippen LogP contribution in [0.1, 0.15) is 71.3 Å². The third-order valence-corrected chi connectivity index (χ3v) is 5.79. The fourth-order valence-electron chi connectivity index (χ4n) is 3.53. The number of hydrogen-bond acceptors (Lipinski definition) is 7. The Balaban J connectivity index is 2.57. The van der Waals surface area contributed by atoms with Crippen LogP contribution in [-0.2, 0) is 25.7 Å². The Hall–Kier alpha value is -3.89. The minimum Gasteiger partial charge on any atom is -0.493 e. The molecule has 0 spiro atoms. The zero-order valence-corrected chi connectivity index (χ0v) is 23.0. The second-order valence-electron chi connectivity index (χ2n) is 9.57. The monoisotopic (exact) mass is 548 g/mol. The van der Waals surface area contributed by atoms with E-state index in [0.717, 1.165) is 24.8 Å². The number of methoxy groups -OCH3 is 1. The molecule has 1 aromatic carbocycles. The highest BCUT2D eigenvalue weighted by Gasteiger charge is 2.26. The van der Waals surface area contributed by atoms with Crippen LogP contribution in [0.25, 0.3) is 0 Å². The number of carbonyl (C=O) groups excluding carboxylic acids is 3. The van der Waals surface area contributed by atoms with Crippen LogP contribution in [-0.4, -0.2) is 53.1 Å². The summed E-state index contributed by atoms with van der Waals surface area (Å²) in [5.74, 6) is -3.40. The van der Waals surface area contributed by atoms with E-state index in [9.17, 15) is 29.1 Å². The van der Waals surface area contributed by atoms with Gasteiger partial charge in [0, 0.05) is 25.8 Å². The van der Waals surface area contributed by atoms with Gasteiger partial charge in [0.1, 0.15) is 0 Å². The van der Waals surface area contributed by atoms with Gasteiger partial charge >= 0.3 is 18.0 Å². The van der Waals surface area contributed by atoms with Gasteiger partial charge in [0.15, 0.2) is 17.3 Å². The molecule has 1 aromatic rings. The molecule has 4 N–H and O–H groups in total. The van der Waals surface area contributed by atoms with E-state index in [1.54, 1.807) is 12.1 Å². The Morgan fingerprint density at radius 2 is 1.72 bits per heavy atom. The molecule has 0 saturated carbocycles. The van der Waals surface area contributed by atoms with Gasteiger partial charge in [0.05, 0.1) is 19.1 Å². The first kappa shape index (κ1) is 33.1. The van der Waals surface area contributed by atoms with Gasteiger partial charge in [-0.2, -0.15) is 0 Å². The van der Waals surface area contributed by atoms with E-state index in [1.807, 2.05) is 0 Å². The van der Waals surface area contributed by atoms with Crippen LogP contribution in [0.4, 0.5) is 4.79 Å². The van der Waals surface area contributed by atoms with Crippen molar-refractivity contribution in [3.63, 3.8) is 0 Å². The molecule has 39 heavy (non-hydrogen) atoms. The van der Waals surface area contributed by atoms with Gasteiger partial charge in [0.2, 0.25) is 5.91 Å². The molecule has 0 aliphatic carbocycles. The van der Waals surface area contributed by atoms with Crippen LogP contribution in [0, 0.1) is 11.8 Å². The molecule has 1 rings (SSSR count). The van der Waals surface area contributed by atoms with E-state index in [1.165, 1.54) is 20.1 Å². The van der Waals surface area contributed by atoms with E-state index < -0.39 is 42.2 Å². The first-order valence-corrected chi connectivity index (χ1v) is 13.0. The predicted octanol–water partition coefficient (Wildman–Crippen LogP) is 4.09. The summed E-state index contributed by atoms with van der Waals surface area (Å²) in [6.07, 6.45) is 5.42. The van der Waals surface area contributed by atoms with E-state index in [0.29, 0.717) is 12.3 Å². The Bertz CT molecular complexity index is 1020. The zero-order valence-electron chi connectivity index (χ0n) is 23.0. The van der Waals surface area contributed by atoms with Crippen LogP contribution < -0.4 is 20.1 Å². The molecule has 2 amide bonds. The van der Waals surface area contributed by atoms with Crippen molar-refractivity contribution in [2.75, 3.05) is 7.11 Å². The highest BCUT2D eigenvalue weighted by molar-refractivity contribution is 5.90. The molecule has 0 saturated heterocycles. The van der Waals surface area contributed by atoms with Crippen molar-refractivity contribution >= 4 is 29.7 Å². The zero-order chi connectivity index (χ0) is 29.4. The molecule has 0 aliphatic rings. The Morgan fingerprint density at radius 3 is 2.33 bits per heavy atom. The van der Waals surface area contributed by atoms with Gasteiger partial charge in [-0.3, -0.25) is 19.2 Å². The highest BCUT2D eigenvalue weighted by atomic mass is 16.6. The average molecular weight is 549 g/mol. The topological polar surface area (TPSA) is 168 Å². The third kappa shape index (κ3) is 14.0. The lowest BCUT2D eigenvalue weighted by Crippen LogP contribution is -2.41. The maximum absolute atomic E-state index is 12.4. The first-order valence-electron chi connectivity index (χ1n) is 13.0. The van der Waals surface area contributed by atoms with Crippen molar-refractivity contribution < 1.29 is 43.7 Å². The fraction of sp³-hybridized carbons (Fsp3) is 0.536. The van der Waals surface area contributed by atoms with Crippen molar-refractivity contribution in [3.8, 4) is 11.5 Å². The first-order chi connectivity index (χ1) is 18.4. The summed E-state index contributed by atoms with van der Waals surface area (Å²) in [7, 11) is 1.39. The second-order valence-corrected chi connectivity index (χ2v) is 9.57. The molecular weight excluding hydrogens is 508 g/mol. The Labute approximate surface area is 228 Å². The van der Waals surface area contributed by atoms with Gasteiger partial charge < -0.3 is 30.3 Å². The third-order valence-electron chi connectivity index (χ3n) is 5.79. The lowest BCUT2D eigenvalue weighted by atomic mass is 9.95. The number of carboxylic acids is 2. The van der Waals surface area contributed by atoms with E-state index >= 15 is 0 Å². The summed E-state index contributed by atoms with van der Waals surface area (Å²) >= 11 is 0. The molecule has 0 fully saturated rings. The largest absolute Gasteiger partial charge is 0.493 e. The summed E-state index contributed by atoms with van der Waals surface area (Å²) in [4.78, 5) is 58.9. The Kier molecular flexibility index (Phi) is 14.9. The molecule has 0 heterocycles. The Morgan fingerprint density at radius 1 is 1.00 bits per heavy atom. The summed E-state index contributed by atoms with van der Waals surface area (Å²) in [6, 6.07) is 3.72. The SMILES string of the molecule is COc1cc(CNC(=O)CCCC/C=C/C(C)C)ccc1OC(=O)N[C@@H](C)C(=O)C[C@@H](CCC(=O)O)C(=O)O. The number of amides is 2. The molecule has 0 unspecified atom stereocenters. The number of Topliss-reactive ketones (excluding diaryl/α,β-unsaturated/α-hetero) is 1. The van der Waals surface area contributed by atoms with E-state index in [-0.39, 0.29) is 36.8 Å². The standard InChI is InChI=1S/C28H40N2O9/c1-18(2)9-7-5-6-8-10-25(32)29-17-20-11-13-23(24(15-20)38-4)39-28(37)30-19(3)22(31)16-21(27(35)36)12-14-26(33)34/h7,9,11,13,15,18-19,21H,5-6,8,10,12,14,16-17H2,1-4H3,(H,29,32)(H,30,37)(H,33,34)(H,35,36)/b9-7+/t19-,21+/m0/s1. The summed E-state index contributed by atoms with van der Waals surface area (Å²) in [5, 5.41) is 23.2. The lowest BCUT2D eigenvalue weighted by Gasteiger charge is -2.17. The van der Waals surface area contributed by atoms with Crippen molar-refractivity contribution in [2.45, 2.75) is 78.3 Å². The molecular formula is C28H40N2O9. The lowest BCUT2D eigenvalue weighted by molar-refractivity contribution is -0.145. The number of benzene rings is 1. The number of allylic oxidation sites excluding steroid dienone is 2. The maximum atomic E-state index is 12.4. The normalized spacial score (nSPS) is 12.5. The smallest absolute Gasteiger partial charge is 0.413 e. The van der Waals surface area contributed by atoms with Crippen LogP contribution in [0.5, 0.6) is 11.5 Å². The maximum Gasteiger partial charge on any atom is 0.413 e. The number of carbonyl (C=O) groups is 5. The number of unbranched alkanes of at least 4 members (excludes halogenated alkanes) is 2. The second kappa shape index (κ2) is 17.6. The highest BCUT2D eigenvalue weighted by Crippen LogP contribution is 2.28. The summed E-state index contributed by atoms with van der Waals surface area (Å²) in [6.45, 7) is 5.88. The molecule has 0 aromatic heterocycles. The number of rotatable bonds is 18. The molecule has 0 radical (unpaired) electrons. The molecule has 0 bridgehead atoms. The van der Waals surface area contributed by atoms with Crippen LogP contribution in [0.2, 0.25) is 0 Å². The predicted molar refractivity (Wildman–Crippen MR) is 144 cm³/mol. The number of hydrogen-bond donors (Lipinski definition) is 4. The quantitative estimate of drug-likeness (QED) is 0.156. The molecule has 0 aliphatic heterocycles. The van der Waals surface area contributed by atoms with Crippen LogP contribution >= 0.6 is 0 Å². The summed E-state index contributed by atoms with van der Waals surface area (Å²) in [5.41, 5.74) is 0.734. The van der Waals surface area contributed by atoms with Crippen LogP contribution in [0.3, 0.4) is 0 Å². The molecule has 11 heteroatoms. The fourth-order valence-corrected chi connectivity index (χ4v) is 3.53. The van der Waals surface area contributed by atoms with Gasteiger partial charge in [-0.25, -0.2) is 4.79 Å². The van der Waals surface area contributed by atoms with Crippen molar-refractivity contribution in [1.29, 1.82) is 0 Å². The number of carboxylic acid groups (broad SMARTS) is 2. The summed E-state index contributed by atoms with van der Waals surface area (Å²) < 4.78 is 10.5. The number of aliphatic carboxylic acids is 2. The molecule has 11 nitrogen and oxygen atoms in total. The number of nitrogens with one attached hydrogen (secondary N) is 2. The van der Waals surface area contributed by atoms with E-state index in [4.69, 9.17) is 14.6 Å². The molecule has 2 atom stereocenters. The van der Waals surface area contributed by atoms with Crippen molar-refractivity contribution in [1.82, 2.24) is 10.6 Å². The van der Waals surface area contributed by atoms with Crippen molar-refractivity contribution in [3.05, 3.63) is 35.9 Å². The van der Waals surface area contributed by atoms with Gasteiger partial charge in [-0.15, -0.1) is 0 Å².